The van der Waals surface area contributed by atoms with Crippen molar-refractivity contribution in [3.8, 4) is 12.3 Å². The summed E-state index contributed by atoms with van der Waals surface area (Å²) in [6.45, 7) is 11.4. The molecule has 0 N–H and O–H groups in total. The van der Waals surface area contributed by atoms with Crippen LogP contribution >= 0.6 is 12.6 Å². The van der Waals surface area contributed by atoms with Gasteiger partial charge >= 0.3 is 0 Å². The molecule has 37 heavy (non-hydrogen) atoms. The third-order valence-corrected chi connectivity index (χ3v) is 4.32. The van der Waals surface area contributed by atoms with Gasteiger partial charge in [-0.2, -0.15) is 12.6 Å². The van der Waals surface area contributed by atoms with Crippen molar-refractivity contribution >= 4 is 12.6 Å². The fraction of sp³-hybridized carbons (Fsp3) is 0.920. The zero-order valence-corrected chi connectivity index (χ0v) is 23.2. The molecule has 0 heterocycles. The van der Waals surface area contributed by atoms with Gasteiger partial charge in [0.1, 0.15) is 6.61 Å². The number of ether oxygens (including phenoxy) is 11. The van der Waals surface area contributed by atoms with Crippen molar-refractivity contribution in [2.75, 3.05) is 151 Å². The molecule has 0 radical (unpaired) electrons. The highest BCUT2D eigenvalue weighted by Gasteiger charge is 1.96. The maximum atomic E-state index is 5.45. The molecule has 0 aromatic rings. The first-order valence-electron chi connectivity index (χ1n) is 12.8. The summed E-state index contributed by atoms with van der Waals surface area (Å²) >= 11 is 4.06. The van der Waals surface area contributed by atoms with E-state index >= 15 is 0 Å². The lowest BCUT2D eigenvalue weighted by Gasteiger charge is -2.09. The Kier molecular flexibility index (Phi) is 35.0. The minimum absolute atomic E-state index is 0.310. The number of rotatable bonds is 33. The lowest BCUT2D eigenvalue weighted by molar-refractivity contribution is -0.0271. The van der Waals surface area contributed by atoms with E-state index < -0.39 is 0 Å². The predicted molar refractivity (Wildman–Crippen MR) is 142 cm³/mol. The molecule has 0 aliphatic heterocycles. The fourth-order valence-electron chi connectivity index (χ4n) is 2.39. The van der Waals surface area contributed by atoms with E-state index in [4.69, 9.17) is 58.5 Å². The number of terminal acetylenes is 1. The Hall–Kier alpha value is -0.530. The second kappa shape index (κ2) is 35.5. The molecule has 0 atom stereocenters. The Balaban J connectivity index is 3.01. The van der Waals surface area contributed by atoms with Gasteiger partial charge in [-0.3, -0.25) is 0 Å². The molecule has 0 saturated carbocycles. The van der Waals surface area contributed by atoms with Crippen LogP contribution in [0.3, 0.4) is 0 Å². The van der Waals surface area contributed by atoms with Crippen LogP contribution in [-0.4, -0.2) is 151 Å². The van der Waals surface area contributed by atoms with Crippen molar-refractivity contribution in [1.29, 1.82) is 0 Å². The summed E-state index contributed by atoms with van der Waals surface area (Å²) in [5, 5.41) is 0. The number of hydrogen-bond donors (Lipinski definition) is 1. The molecule has 0 fully saturated rings. The quantitative estimate of drug-likeness (QED) is 0.0703. The Morgan fingerprint density at radius 3 is 0.703 bits per heavy atom. The predicted octanol–water partition coefficient (Wildman–Crippen LogP) is 0.732. The molecule has 0 spiro atoms. The normalized spacial score (nSPS) is 11.2. The van der Waals surface area contributed by atoms with Crippen LogP contribution in [0, 0.1) is 12.3 Å². The molecule has 0 aliphatic carbocycles. The van der Waals surface area contributed by atoms with Crippen LogP contribution in [0.2, 0.25) is 0 Å². The van der Waals surface area contributed by atoms with E-state index in [1.54, 1.807) is 0 Å². The van der Waals surface area contributed by atoms with E-state index in [1.165, 1.54) is 0 Å². The van der Waals surface area contributed by atoms with Crippen LogP contribution in [-0.2, 0) is 52.1 Å². The van der Waals surface area contributed by atoms with Gasteiger partial charge in [0, 0.05) is 5.75 Å². The second-order valence-electron chi connectivity index (χ2n) is 7.10. The maximum absolute atomic E-state index is 5.45. The second-order valence-corrected chi connectivity index (χ2v) is 7.55. The summed E-state index contributed by atoms with van der Waals surface area (Å²) in [6, 6.07) is 0. The summed E-state index contributed by atoms with van der Waals surface area (Å²) in [7, 11) is 0. The first-order chi connectivity index (χ1) is 18.4. The van der Waals surface area contributed by atoms with Crippen molar-refractivity contribution in [3.05, 3.63) is 0 Å². The Morgan fingerprint density at radius 1 is 0.324 bits per heavy atom. The highest BCUT2D eigenvalue weighted by molar-refractivity contribution is 7.80. The monoisotopic (exact) mass is 556 g/mol. The van der Waals surface area contributed by atoms with Gasteiger partial charge in [-0.05, 0) is 0 Å². The first kappa shape index (κ1) is 36.5. The molecular weight excluding hydrogens is 508 g/mol. The minimum atomic E-state index is 0.310. The summed E-state index contributed by atoms with van der Waals surface area (Å²) in [4.78, 5) is 0. The minimum Gasteiger partial charge on any atom is -0.378 e. The van der Waals surface area contributed by atoms with Crippen molar-refractivity contribution in [2.45, 2.75) is 0 Å². The highest BCUT2D eigenvalue weighted by atomic mass is 32.1. The molecule has 0 aromatic heterocycles. The fourth-order valence-corrected chi connectivity index (χ4v) is 2.52. The Morgan fingerprint density at radius 2 is 0.514 bits per heavy atom. The van der Waals surface area contributed by atoms with Crippen molar-refractivity contribution < 1.29 is 52.1 Å². The van der Waals surface area contributed by atoms with Crippen LogP contribution < -0.4 is 0 Å². The average Bonchev–Trinajstić information content (AvgIpc) is 2.91. The van der Waals surface area contributed by atoms with Gasteiger partial charge in [-0.25, -0.2) is 0 Å². The van der Waals surface area contributed by atoms with E-state index in [0.717, 1.165) is 5.75 Å². The van der Waals surface area contributed by atoms with Crippen molar-refractivity contribution in [2.24, 2.45) is 0 Å². The molecular formula is C25H48O11S. The van der Waals surface area contributed by atoms with Crippen LogP contribution in [0.15, 0.2) is 0 Å². The summed E-state index contributed by atoms with van der Waals surface area (Å²) in [6.07, 6.45) is 5.07. The summed E-state index contributed by atoms with van der Waals surface area (Å²) in [5.41, 5.74) is 0. The number of hydrogen-bond acceptors (Lipinski definition) is 12. The number of thiol groups is 1. The molecule has 0 saturated heterocycles. The molecule has 220 valence electrons. The van der Waals surface area contributed by atoms with Gasteiger partial charge < -0.3 is 52.1 Å². The SMILES string of the molecule is C#CCOCCOCCOCCOCCOCCOCCOCCOCCOCCOCCOCCS. The van der Waals surface area contributed by atoms with Gasteiger partial charge in [0.15, 0.2) is 0 Å². The highest BCUT2D eigenvalue weighted by Crippen LogP contribution is 1.87. The van der Waals surface area contributed by atoms with Gasteiger partial charge in [0.25, 0.3) is 0 Å². The largest absolute Gasteiger partial charge is 0.378 e. The van der Waals surface area contributed by atoms with Gasteiger partial charge in [-0.1, -0.05) is 5.92 Å². The zero-order valence-electron chi connectivity index (χ0n) is 22.3. The van der Waals surface area contributed by atoms with E-state index in [0.29, 0.717) is 145 Å². The van der Waals surface area contributed by atoms with Crippen LogP contribution in [0.5, 0.6) is 0 Å². The smallest absolute Gasteiger partial charge is 0.107 e. The Labute approximate surface area is 228 Å². The molecule has 0 rings (SSSR count). The van der Waals surface area contributed by atoms with E-state index in [1.807, 2.05) is 0 Å². The zero-order chi connectivity index (χ0) is 26.7. The molecule has 12 heteroatoms. The molecule has 0 unspecified atom stereocenters. The lowest BCUT2D eigenvalue weighted by Crippen LogP contribution is -2.15. The maximum Gasteiger partial charge on any atom is 0.107 e. The van der Waals surface area contributed by atoms with Gasteiger partial charge in [0.2, 0.25) is 0 Å². The lowest BCUT2D eigenvalue weighted by atomic mass is 10.6. The molecule has 0 amide bonds. The topological polar surface area (TPSA) is 102 Å². The van der Waals surface area contributed by atoms with Crippen LogP contribution in [0.4, 0.5) is 0 Å². The molecule has 0 bridgehead atoms. The van der Waals surface area contributed by atoms with Gasteiger partial charge in [0.05, 0.1) is 139 Å². The van der Waals surface area contributed by atoms with E-state index in [2.05, 4.69) is 18.5 Å². The van der Waals surface area contributed by atoms with Crippen molar-refractivity contribution in [3.63, 3.8) is 0 Å². The van der Waals surface area contributed by atoms with Crippen molar-refractivity contribution in [1.82, 2.24) is 0 Å². The third-order valence-electron chi connectivity index (χ3n) is 4.14. The first-order valence-corrected chi connectivity index (χ1v) is 13.4. The van der Waals surface area contributed by atoms with Crippen LogP contribution in [0.1, 0.15) is 0 Å². The standard InChI is InChI=1S/C25H48O11S/c1-2-3-26-4-5-27-6-7-28-8-9-29-10-11-30-12-13-31-14-15-32-16-17-33-18-19-34-20-21-35-22-23-36-24-25-37/h1,37H,3-25H2. The molecule has 0 aliphatic rings. The molecule has 0 aromatic carbocycles. The van der Waals surface area contributed by atoms with Gasteiger partial charge in [-0.15, -0.1) is 6.42 Å². The summed E-state index contributed by atoms with van der Waals surface area (Å²) in [5.74, 6) is 3.12. The third kappa shape index (κ3) is 35.5. The summed E-state index contributed by atoms with van der Waals surface area (Å²) < 4.78 is 59.0. The van der Waals surface area contributed by atoms with E-state index in [-0.39, 0.29) is 0 Å². The average molecular weight is 557 g/mol. The Bertz CT molecular complexity index is 455. The van der Waals surface area contributed by atoms with E-state index in [9.17, 15) is 0 Å². The van der Waals surface area contributed by atoms with Crippen LogP contribution in [0.25, 0.3) is 0 Å². The molecule has 11 nitrogen and oxygen atoms in total.